The van der Waals surface area contributed by atoms with Crippen LogP contribution in [0.1, 0.15) is 30.1 Å². The monoisotopic (exact) mass is 226 g/mol. The molecule has 3 heteroatoms. The molecule has 0 aliphatic heterocycles. The highest BCUT2D eigenvalue weighted by atomic mass is 19.1. The molecule has 0 atom stereocenters. The van der Waals surface area contributed by atoms with Crippen LogP contribution in [-0.2, 0) is 0 Å². The van der Waals surface area contributed by atoms with Crippen LogP contribution in [0.25, 0.3) is 0 Å². The second-order valence-corrected chi connectivity index (χ2v) is 4.37. The number of carbonyl (C=O) groups is 1. The zero-order chi connectivity index (χ0) is 12.0. The van der Waals surface area contributed by atoms with Crippen molar-refractivity contribution < 1.29 is 13.6 Å². The number of ketones is 1. The minimum absolute atomic E-state index is 0.0614. The van der Waals surface area contributed by atoms with Gasteiger partial charge in [0.2, 0.25) is 0 Å². The van der Waals surface area contributed by atoms with Gasteiger partial charge in [-0.15, -0.1) is 0 Å². The average Bonchev–Trinajstić information content (AvgIpc) is 2.36. The van der Waals surface area contributed by atoms with E-state index in [1.807, 2.05) is 6.07 Å². The predicted octanol–water partition coefficient (Wildman–Crippen LogP) is 3.59. The Morgan fingerprint density at radius 1 is 1.19 bits per heavy atom. The Morgan fingerprint density at radius 2 is 1.75 bits per heavy atom. The van der Waals surface area contributed by atoms with Gasteiger partial charge < -0.3 is 0 Å². The lowest BCUT2D eigenvalue weighted by molar-refractivity contribution is 0.0933. The maximum Gasteiger partial charge on any atom is 0.162 e. The molecule has 88 valence electrons. The average molecular weight is 226 g/mol. The second kappa shape index (κ2) is 5.73. The van der Waals surface area contributed by atoms with E-state index in [2.05, 4.69) is 0 Å². The highest BCUT2D eigenvalue weighted by Gasteiger charge is 2.25. The van der Waals surface area contributed by atoms with Crippen molar-refractivity contribution in [3.8, 4) is 0 Å². The molecule has 1 rings (SSSR count). The summed E-state index contributed by atoms with van der Waals surface area (Å²) in [5.41, 5.74) is -0.410. The van der Waals surface area contributed by atoms with Crippen molar-refractivity contribution in [3.05, 3.63) is 35.9 Å². The molecule has 16 heavy (non-hydrogen) atoms. The molecule has 1 nitrogen and oxygen atoms in total. The molecule has 1 aromatic carbocycles. The molecule has 0 heterocycles. The van der Waals surface area contributed by atoms with Gasteiger partial charge in [0.25, 0.3) is 0 Å². The van der Waals surface area contributed by atoms with E-state index in [4.69, 9.17) is 0 Å². The topological polar surface area (TPSA) is 17.1 Å². The van der Waals surface area contributed by atoms with Crippen LogP contribution in [0, 0.1) is 5.41 Å². The van der Waals surface area contributed by atoms with Gasteiger partial charge in [0.05, 0.1) is 13.3 Å². The summed E-state index contributed by atoms with van der Waals surface area (Å²) in [4.78, 5) is 11.7. The zero-order valence-corrected chi connectivity index (χ0v) is 9.38. The van der Waals surface area contributed by atoms with E-state index >= 15 is 0 Å². The van der Waals surface area contributed by atoms with Crippen molar-refractivity contribution in [1.29, 1.82) is 0 Å². The van der Waals surface area contributed by atoms with Crippen LogP contribution in [0.4, 0.5) is 8.78 Å². The summed E-state index contributed by atoms with van der Waals surface area (Å²) in [5.74, 6) is -0.0614. The summed E-state index contributed by atoms with van der Waals surface area (Å²) >= 11 is 0. The lowest BCUT2D eigenvalue weighted by atomic mass is 9.87. The molecule has 0 bridgehead atoms. The van der Waals surface area contributed by atoms with E-state index in [0.29, 0.717) is 5.56 Å². The third-order valence-electron chi connectivity index (χ3n) is 2.70. The number of alkyl halides is 2. The number of hydrogen-bond acceptors (Lipinski definition) is 1. The molecule has 0 fully saturated rings. The minimum atomic E-state index is -1.01. The van der Waals surface area contributed by atoms with E-state index in [9.17, 15) is 13.6 Å². The van der Waals surface area contributed by atoms with Gasteiger partial charge in [-0.3, -0.25) is 13.6 Å². The summed E-state index contributed by atoms with van der Waals surface area (Å²) in [6.07, 6.45) is 0.433. The molecule has 0 saturated heterocycles. The van der Waals surface area contributed by atoms with Crippen molar-refractivity contribution in [2.24, 2.45) is 5.41 Å². The number of halogens is 2. The van der Waals surface area contributed by atoms with E-state index in [1.165, 1.54) is 6.92 Å². The zero-order valence-electron chi connectivity index (χ0n) is 9.38. The molecule has 1 aromatic rings. The van der Waals surface area contributed by atoms with E-state index in [-0.39, 0.29) is 18.6 Å². The molecular formula is C13H16F2O. The van der Waals surface area contributed by atoms with Crippen LogP contribution >= 0.6 is 0 Å². The molecule has 0 radical (unpaired) electrons. The molecule has 0 unspecified atom stereocenters. The Morgan fingerprint density at radius 3 is 2.25 bits per heavy atom. The molecule has 0 aliphatic carbocycles. The van der Waals surface area contributed by atoms with Gasteiger partial charge in [-0.2, -0.15) is 0 Å². The van der Waals surface area contributed by atoms with Crippen molar-refractivity contribution >= 4 is 5.78 Å². The highest BCUT2D eigenvalue weighted by Crippen LogP contribution is 2.25. The van der Waals surface area contributed by atoms with Gasteiger partial charge >= 0.3 is 0 Å². The van der Waals surface area contributed by atoms with Crippen molar-refractivity contribution in [2.45, 2.75) is 19.8 Å². The third-order valence-corrected chi connectivity index (χ3v) is 2.70. The fourth-order valence-corrected chi connectivity index (χ4v) is 1.35. The molecule has 0 N–H and O–H groups in total. The van der Waals surface area contributed by atoms with Crippen molar-refractivity contribution in [1.82, 2.24) is 0 Å². The predicted molar refractivity (Wildman–Crippen MR) is 60.1 cm³/mol. The highest BCUT2D eigenvalue weighted by molar-refractivity contribution is 5.95. The second-order valence-electron chi connectivity index (χ2n) is 4.37. The van der Waals surface area contributed by atoms with Crippen LogP contribution in [-0.4, -0.2) is 19.1 Å². The van der Waals surface area contributed by atoms with E-state index < -0.39 is 18.8 Å². The third kappa shape index (κ3) is 3.40. The standard InChI is InChI=1S/C13H16F2O/c1-13(9-14,10-15)8-7-12(16)11-5-3-2-4-6-11/h2-6H,7-10H2,1H3. The van der Waals surface area contributed by atoms with Gasteiger partial charge in [0.1, 0.15) is 0 Å². The summed E-state index contributed by atoms with van der Waals surface area (Å²) in [5, 5.41) is 0. The lowest BCUT2D eigenvalue weighted by Gasteiger charge is -2.21. The van der Waals surface area contributed by atoms with Gasteiger partial charge in [0.15, 0.2) is 5.78 Å². The first-order valence-electron chi connectivity index (χ1n) is 5.31. The van der Waals surface area contributed by atoms with Gasteiger partial charge in [-0.05, 0) is 6.42 Å². The minimum Gasteiger partial charge on any atom is -0.294 e. The summed E-state index contributed by atoms with van der Waals surface area (Å²) in [6.45, 7) is 0.0579. The Balaban J connectivity index is 2.54. The van der Waals surface area contributed by atoms with Crippen LogP contribution < -0.4 is 0 Å². The smallest absolute Gasteiger partial charge is 0.162 e. The normalized spacial score (nSPS) is 11.4. The summed E-state index contributed by atoms with van der Waals surface area (Å²) < 4.78 is 25.1. The molecule has 0 spiro atoms. The summed E-state index contributed by atoms with van der Waals surface area (Å²) in [7, 11) is 0. The van der Waals surface area contributed by atoms with Gasteiger partial charge in [-0.25, -0.2) is 0 Å². The molecule has 0 amide bonds. The van der Waals surface area contributed by atoms with E-state index in [1.54, 1.807) is 24.3 Å². The first-order valence-corrected chi connectivity index (χ1v) is 5.31. The fraction of sp³-hybridized carbons (Fsp3) is 0.462. The van der Waals surface area contributed by atoms with Crippen molar-refractivity contribution in [3.63, 3.8) is 0 Å². The molecule has 0 saturated carbocycles. The van der Waals surface area contributed by atoms with E-state index in [0.717, 1.165) is 0 Å². The Bertz CT molecular complexity index is 331. The molecular weight excluding hydrogens is 210 g/mol. The number of carbonyl (C=O) groups excluding carboxylic acids is 1. The van der Waals surface area contributed by atoms with Gasteiger partial charge in [-0.1, -0.05) is 37.3 Å². The number of hydrogen-bond donors (Lipinski definition) is 0. The number of benzene rings is 1. The largest absolute Gasteiger partial charge is 0.294 e. The number of Topliss-reactive ketones (excluding diaryl/α,β-unsaturated/α-hetero) is 1. The van der Waals surface area contributed by atoms with Gasteiger partial charge in [0, 0.05) is 17.4 Å². The van der Waals surface area contributed by atoms with Crippen molar-refractivity contribution in [2.75, 3.05) is 13.3 Å². The van der Waals surface area contributed by atoms with Crippen LogP contribution in [0.2, 0.25) is 0 Å². The SMILES string of the molecule is CC(CF)(CF)CCC(=O)c1ccccc1. The number of rotatable bonds is 6. The lowest BCUT2D eigenvalue weighted by Crippen LogP contribution is -2.22. The van der Waals surface area contributed by atoms with Crippen LogP contribution in [0.15, 0.2) is 30.3 Å². The Labute approximate surface area is 94.5 Å². The Hall–Kier alpha value is -1.25. The molecule has 0 aromatic heterocycles. The Kier molecular flexibility index (Phi) is 4.59. The van der Waals surface area contributed by atoms with Crippen LogP contribution in [0.5, 0.6) is 0 Å². The summed E-state index contributed by atoms with van der Waals surface area (Å²) in [6, 6.07) is 8.80. The fourth-order valence-electron chi connectivity index (χ4n) is 1.35. The maximum absolute atomic E-state index is 12.5. The van der Waals surface area contributed by atoms with Crippen LogP contribution in [0.3, 0.4) is 0 Å². The first-order chi connectivity index (χ1) is 7.61. The maximum atomic E-state index is 12.5. The molecule has 0 aliphatic rings. The quantitative estimate of drug-likeness (QED) is 0.677. The first kappa shape index (κ1) is 12.8.